The number of carbonyl (C=O) groups is 3. The predicted octanol–water partition coefficient (Wildman–Crippen LogP) is 3.44. The molecule has 0 bridgehead atoms. The molecule has 1 atom stereocenters. The van der Waals surface area contributed by atoms with E-state index < -0.39 is 5.92 Å². The third-order valence-electron chi connectivity index (χ3n) is 6.81. The molecular formula is C27H32FN3O4. The van der Waals surface area contributed by atoms with Gasteiger partial charge in [-0.15, -0.1) is 0 Å². The minimum absolute atomic E-state index is 0.0382. The molecule has 2 aliphatic heterocycles. The summed E-state index contributed by atoms with van der Waals surface area (Å²) < 4.78 is 19.4. The molecule has 2 aromatic carbocycles. The number of carbonyl (C=O) groups excluding carboxylic acids is 3. The zero-order valence-electron chi connectivity index (χ0n) is 20.3. The number of nitrogens with zero attached hydrogens (tertiary/aromatic N) is 2. The quantitative estimate of drug-likeness (QED) is 0.657. The molecule has 0 aliphatic carbocycles. The SMILES string of the molecule is CCOc1ccccc1N1CC(C(=O)N2CCC(C(=O)NCc3ccc(C)c(F)c3)CC2)CC1=O. The second kappa shape index (κ2) is 10.9. The summed E-state index contributed by atoms with van der Waals surface area (Å²) in [5.41, 5.74) is 1.98. The van der Waals surface area contributed by atoms with Crippen molar-refractivity contribution in [2.24, 2.45) is 11.8 Å². The monoisotopic (exact) mass is 481 g/mol. The molecule has 0 saturated carbocycles. The Bertz CT molecular complexity index is 1100. The predicted molar refractivity (Wildman–Crippen MR) is 130 cm³/mol. The van der Waals surface area contributed by atoms with Gasteiger partial charge < -0.3 is 19.9 Å². The number of likely N-dealkylation sites (tertiary alicyclic amines) is 1. The van der Waals surface area contributed by atoms with Crippen molar-refractivity contribution in [3.8, 4) is 5.75 Å². The number of benzene rings is 2. The van der Waals surface area contributed by atoms with Crippen LogP contribution in [0.3, 0.4) is 0 Å². The molecule has 2 heterocycles. The van der Waals surface area contributed by atoms with Crippen LogP contribution in [0.15, 0.2) is 42.5 Å². The second-order valence-corrected chi connectivity index (χ2v) is 9.21. The lowest BCUT2D eigenvalue weighted by molar-refractivity contribution is -0.139. The lowest BCUT2D eigenvalue weighted by Gasteiger charge is -2.33. The third-order valence-corrected chi connectivity index (χ3v) is 6.81. The van der Waals surface area contributed by atoms with Gasteiger partial charge in [-0.25, -0.2) is 4.39 Å². The Morgan fingerprint density at radius 3 is 2.57 bits per heavy atom. The zero-order valence-corrected chi connectivity index (χ0v) is 20.3. The van der Waals surface area contributed by atoms with Gasteiger partial charge in [0.15, 0.2) is 0 Å². The summed E-state index contributed by atoms with van der Waals surface area (Å²) in [5.74, 6) is -0.437. The fraction of sp³-hybridized carbons (Fsp3) is 0.444. The number of hydrogen-bond donors (Lipinski definition) is 1. The lowest BCUT2D eigenvalue weighted by atomic mass is 9.94. The number of aryl methyl sites for hydroxylation is 1. The van der Waals surface area contributed by atoms with Gasteiger partial charge in [-0.05, 0) is 56.0 Å². The van der Waals surface area contributed by atoms with E-state index in [9.17, 15) is 18.8 Å². The van der Waals surface area contributed by atoms with E-state index >= 15 is 0 Å². The van der Waals surface area contributed by atoms with Crippen LogP contribution < -0.4 is 15.0 Å². The summed E-state index contributed by atoms with van der Waals surface area (Å²) in [6.45, 7) is 5.65. The van der Waals surface area contributed by atoms with Crippen molar-refractivity contribution in [1.29, 1.82) is 0 Å². The van der Waals surface area contributed by atoms with E-state index in [0.29, 0.717) is 56.1 Å². The standard InChI is InChI=1S/C27H32FN3O4/c1-3-35-24-7-5-4-6-23(24)31-17-21(15-25(31)32)27(34)30-12-10-20(11-13-30)26(33)29-16-19-9-8-18(2)22(28)14-19/h4-9,14,20-21H,3,10-13,15-17H2,1-2H3,(H,29,33). The number of ether oxygens (including phenoxy) is 1. The van der Waals surface area contributed by atoms with Gasteiger partial charge in [0.1, 0.15) is 11.6 Å². The van der Waals surface area contributed by atoms with E-state index in [1.54, 1.807) is 28.9 Å². The van der Waals surface area contributed by atoms with E-state index in [2.05, 4.69) is 5.32 Å². The number of para-hydroxylation sites is 2. The molecule has 4 rings (SSSR count). The Morgan fingerprint density at radius 1 is 1.11 bits per heavy atom. The zero-order chi connectivity index (χ0) is 24.9. The summed E-state index contributed by atoms with van der Waals surface area (Å²) in [5, 5.41) is 2.89. The minimum Gasteiger partial charge on any atom is -0.492 e. The fourth-order valence-corrected chi connectivity index (χ4v) is 4.76. The molecule has 0 spiro atoms. The highest BCUT2D eigenvalue weighted by Gasteiger charge is 2.39. The number of hydrogen-bond acceptors (Lipinski definition) is 4. The maximum atomic E-state index is 13.7. The smallest absolute Gasteiger partial charge is 0.228 e. The largest absolute Gasteiger partial charge is 0.492 e. The number of rotatable bonds is 7. The molecule has 2 fully saturated rings. The first-order chi connectivity index (χ1) is 16.9. The van der Waals surface area contributed by atoms with Gasteiger partial charge >= 0.3 is 0 Å². The summed E-state index contributed by atoms with van der Waals surface area (Å²) >= 11 is 0. The molecule has 7 nitrogen and oxygen atoms in total. The minimum atomic E-state index is -0.404. The highest BCUT2D eigenvalue weighted by atomic mass is 19.1. The van der Waals surface area contributed by atoms with Crippen molar-refractivity contribution >= 4 is 23.4 Å². The average molecular weight is 482 g/mol. The number of halogens is 1. The van der Waals surface area contributed by atoms with Crippen molar-refractivity contribution in [3.63, 3.8) is 0 Å². The Kier molecular flexibility index (Phi) is 7.68. The Labute approximate surface area is 205 Å². The summed E-state index contributed by atoms with van der Waals surface area (Å²) in [4.78, 5) is 41.9. The molecule has 2 aromatic rings. The second-order valence-electron chi connectivity index (χ2n) is 9.21. The Hall–Kier alpha value is -3.42. The van der Waals surface area contributed by atoms with E-state index in [-0.39, 0.29) is 42.4 Å². The van der Waals surface area contributed by atoms with Crippen LogP contribution in [0, 0.1) is 24.6 Å². The lowest BCUT2D eigenvalue weighted by Crippen LogP contribution is -2.45. The van der Waals surface area contributed by atoms with Gasteiger partial charge in [-0.2, -0.15) is 0 Å². The first-order valence-electron chi connectivity index (χ1n) is 12.2. The van der Waals surface area contributed by atoms with Crippen LogP contribution in [0.1, 0.15) is 37.3 Å². The van der Waals surface area contributed by atoms with Crippen molar-refractivity contribution in [3.05, 3.63) is 59.4 Å². The van der Waals surface area contributed by atoms with Crippen LogP contribution in [0.25, 0.3) is 0 Å². The van der Waals surface area contributed by atoms with Gasteiger partial charge in [0.05, 0.1) is 18.2 Å². The Balaban J connectivity index is 1.28. The first kappa shape index (κ1) is 24.7. The molecule has 0 aromatic heterocycles. The highest BCUT2D eigenvalue weighted by Crippen LogP contribution is 2.34. The molecule has 186 valence electrons. The first-order valence-corrected chi connectivity index (χ1v) is 12.2. The van der Waals surface area contributed by atoms with Crippen LogP contribution >= 0.6 is 0 Å². The van der Waals surface area contributed by atoms with E-state index in [4.69, 9.17) is 4.74 Å². The van der Waals surface area contributed by atoms with Crippen LogP contribution in [0.4, 0.5) is 10.1 Å². The summed E-state index contributed by atoms with van der Waals surface area (Å²) in [6.07, 6.45) is 1.31. The fourth-order valence-electron chi connectivity index (χ4n) is 4.76. The van der Waals surface area contributed by atoms with Gasteiger partial charge in [-0.1, -0.05) is 24.3 Å². The van der Waals surface area contributed by atoms with Gasteiger partial charge in [0.2, 0.25) is 17.7 Å². The van der Waals surface area contributed by atoms with Gasteiger partial charge in [0, 0.05) is 38.5 Å². The maximum absolute atomic E-state index is 13.7. The molecule has 2 aliphatic rings. The number of nitrogens with one attached hydrogen (secondary N) is 1. The average Bonchev–Trinajstić information content (AvgIpc) is 3.26. The summed E-state index contributed by atoms with van der Waals surface area (Å²) in [7, 11) is 0. The summed E-state index contributed by atoms with van der Waals surface area (Å²) in [6, 6.07) is 12.3. The molecule has 35 heavy (non-hydrogen) atoms. The van der Waals surface area contributed by atoms with E-state index in [1.165, 1.54) is 6.07 Å². The molecular weight excluding hydrogens is 449 g/mol. The highest BCUT2D eigenvalue weighted by molar-refractivity contribution is 6.01. The van der Waals surface area contributed by atoms with E-state index in [1.807, 2.05) is 31.2 Å². The van der Waals surface area contributed by atoms with Crippen molar-refractivity contribution in [1.82, 2.24) is 10.2 Å². The topological polar surface area (TPSA) is 79.0 Å². The van der Waals surface area contributed by atoms with E-state index in [0.717, 1.165) is 5.56 Å². The molecule has 2 saturated heterocycles. The van der Waals surface area contributed by atoms with Crippen LogP contribution in [0.2, 0.25) is 0 Å². The molecule has 8 heteroatoms. The normalized spacial score (nSPS) is 18.6. The number of anilines is 1. The number of amides is 3. The van der Waals surface area contributed by atoms with Crippen molar-refractivity contribution < 1.29 is 23.5 Å². The molecule has 0 radical (unpaired) electrons. The van der Waals surface area contributed by atoms with Crippen molar-refractivity contribution in [2.75, 3.05) is 31.1 Å². The number of piperidine rings is 1. The molecule has 1 unspecified atom stereocenters. The van der Waals surface area contributed by atoms with Gasteiger partial charge in [-0.3, -0.25) is 14.4 Å². The van der Waals surface area contributed by atoms with Gasteiger partial charge in [0.25, 0.3) is 0 Å². The van der Waals surface area contributed by atoms with Crippen LogP contribution in [0.5, 0.6) is 5.75 Å². The van der Waals surface area contributed by atoms with Crippen LogP contribution in [-0.2, 0) is 20.9 Å². The maximum Gasteiger partial charge on any atom is 0.228 e. The van der Waals surface area contributed by atoms with Crippen LogP contribution in [-0.4, -0.2) is 48.9 Å². The van der Waals surface area contributed by atoms with Crippen molar-refractivity contribution in [2.45, 2.75) is 39.7 Å². The Morgan fingerprint density at radius 2 is 1.86 bits per heavy atom. The molecule has 3 amide bonds. The third kappa shape index (κ3) is 5.63. The molecule has 1 N–H and O–H groups in total.